The second kappa shape index (κ2) is 5.46. The van der Waals surface area contributed by atoms with Crippen LogP contribution in [0.1, 0.15) is 33.6 Å². The Hall–Kier alpha value is -1.07. The Morgan fingerprint density at radius 2 is 2.00 bits per heavy atom. The number of ether oxygens (including phenoxy) is 1. The van der Waals surface area contributed by atoms with Gasteiger partial charge in [0.25, 0.3) is 0 Å². The Morgan fingerprint density at radius 3 is 2.54 bits per heavy atom. The number of carbonyl (C=O) groups excluding carboxylic acids is 2. The molecule has 0 heterocycles. The van der Waals surface area contributed by atoms with Crippen LogP contribution in [0.3, 0.4) is 0 Å². The molecule has 0 saturated heterocycles. The second-order valence-corrected chi connectivity index (χ2v) is 8.81. The van der Waals surface area contributed by atoms with Crippen LogP contribution in [0.25, 0.3) is 0 Å². The number of nitrogens with one attached hydrogen (secondary N) is 1. The van der Waals surface area contributed by atoms with E-state index in [9.17, 15) is 9.59 Å². The topological polar surface area (TPSA) is 55.4 Å². The van der Waals surface area contributed by atoms with Crippen molar-refractivity contribution < 1.29 is 14.3 Å². The third-order valence-corrected chi connectivity index (χ3v) is 7.97. The summed E-state index contributed by atoms with van der Waals surface area (Å²) in [5, 5.41) is 3.47. The Bertz CT molecular complexity index is 735. The molecular formula is C18H21BrClNO3. The number of benzene rings is 1. The monoisotopic (exact) mass is 413 g/mol. The van der Waals surface area contributed by atoms with E-state index in [1.807, 2.05) is 20.8 Å². The van der Waals surface area contributed by atoms with Gasteiger partial charge in [-0.2, -0.15) is 0 Å². The number of rotatable bonds is 3. The molecule has 1 amide bonds. The van der Waals surface area contributed by atoms with E-state index >= 15 is 0 Å². The standard InChI is InChI=1S/C18H21BrClNO3/c1-16(2)17(3)7-8-18(16,13(19)14(17)22)15(23)21-11-9-10(20)5-6-12(11)24-4/h5-6,9,13H,7-8H2,1-4H3,(H,21,23)/t13-,17+,18-/m1/s1. The number of halogens is 2. The third kappa shape index (κ3) is 1.97. The van der Waals surface area contributed by atoms with Crippen LogP contribution in [0.15, 0.2) is 18.2 Å². The lowest BCUT2D eigenvalue weighted by Gasteiger charge is -2.39. The minimum absolute atomic E-state index is 0.118. The van der Waals surface area contributed by atoms with Gasteiger partial charge in [-0.05, 0) is 36.5 Å². The van der Waals surface area contributed by atoms with Crippen LogP contribution in [-0.2, 0) is 9.59 Å². The Labute approximate surface area is 155 Å². The predicted molar refractivity (Wildman–Crippen MR) is 97.9 cm³/mol. The van der Waals surface area contributed by atoms with Crippen molar-refractivity contribution in [3.63, 3.8) is 0 Å². The Kier molecular flexibility index (Phi) is 4.04. The second-order valence-electron chi connectivity index (χ2n) is 7.45. The summed E-state index contributed by atoms with van der Waals surface area (Å²) >= 11 is 9.58. The van der Waals surface area contributed by atoms with Gasteiger partial charge in [-0.3, -0.25) is 9.59 Å². The maximum atomic E-state index is 13.3. The zero-order chi connectivity index (χ0) is 17.9. The lowest BCUT2D eigenvalue weighted by Crippen LogP contribution is -2.48. The van der Waals surface area contributed by atoms with Gasteiger partial charge >= 0.3 is 0 Å². The smallest absolute Gasteiger partial charge is 0.232 e. The van der Waals surface area contributed by atoms with E-state index in [0.29, 0.717) is 22.9 Å². The molecule has 2 aliphatic rings. The number of hydrogen-bond acceptors (Lipinski definition) is 3. The predicted octanol–water partition coefficient (Wildman–Crippen LogP) is 4.45. The number of anilines is 1. The van der Waals surface area contributed by atoms with Gasteiger partial charge in [0, 0.05) is 10.4 Å². The number of carbonyl (C=O) groups is 2. The van der Waals surface area contributed by atoms with Crippen molar-refractivity contribution in [2.24, 2.45) is 16.2 Å². The molecule has 6 heteroatoms. The van der Waals surface area contributed by atoms with Crippen molar-refractivity contribution in [2.45, 2.75) is 38.4 Å². The molecule has 0 radical (unpaired) electrons. The minimum atomic E-state index is -0.786. The van der Waals surface area contributed by atoms with E-state index < -0.39 is 21.1 Å². The fourth-order valence-electron chi connectivity index (χ4n) is 4.47. The maximum Gasteiger partial charge on any atom is 0.232 e. The first-order valence-corrected chi connectivity index (χ1v) is 9.24. The molecule has 1 aromatic carbocycles. The molecule has 24 heavy (non-hydrogen) atoms. The maximum absolute atomic E-state index is 13.3. The SMILES string of the molecule is COc1ccc(Cl)cc1NC(=O)[C@@]12CC[C@@](C)(C(=O)[C@H]1Br)C2(C)C. The number of methoxy groups -OCH3 is 1. The van der Waals surface area contributed by atoms with Crippen LogP contribution in [0.2, 0.25) is 5.02 Å². The summed E-state index contributed by atoms with van der Waals surface area (Å²) in [6.45, 7) is 6.02. The summed E-state index contributed by atoms with van der Waals surface area (Å²) in [5.41, 5.74) is -1.20. The molecule has 3 atom stereocenters. The summed E-state index contributed by atoms with van der Waals surface area (Å²) in [7, 11) is 1.54. The van der Waals surface area contributed by atoms with Crippen molar-refractivity contribution in [2.75, 3.05) is 12.4 Å². The van der Waals surface area contributed by atoms with Gasteiger partial charge in [0.15, 0.2) is 5.78 Å². The summed E-state index contributed by atoms with van der Waals surface area (Å²) in [6, 6.07) is 5.08. The van der Waals surface area contributed by atoms with Crippen molar-refractivity contribution in [1.82, 2.24) is 0 Å². The normalized spacial score (nSPS) is 33.6. The molecular weight excluding hydrogens is 394 g/mol. The first-order valence-electron chi connectivity index (χ1n) is 7.95. The zero-order valence-electron chi connectivity index (χ0n) is 14.2. The number of fused-ring (bicyclic) bond motifs is 2. The van der Waals surface area contributed by atoms with E-state index in [-0.39, 0.29) is 11.7 Å². The van der Waals surface area contributed by atoms with Crippen LogP contribution < -0.4 is 10.1 Å². The first-order chi connectivity index (χ1) is 11.1. The Balaban J connectivity index is 2.02. The largest absolute Gasteiger partial charge is 0.495 e. The lowest BCUT2D eigenvalue weighted by molar-refractivity contribution is -0.130. The third-order valence-electron chi connectivity index (χ3n) is 6.54. The van der Waals surface area contributed by atoms with Crippen LogP contribution in [-0.4, -0.2) is 23.6 Å². The van der Waals surface area contributed by atoms with Crippen LogP contribution in [0, 0.1) is 16.2 Å². The molecule has 0 unspecified atom stereocenters. The molecule has 1 N–H and O–H groups in total. The first kappa shape index (κ1) is 17.7. The number of ketones is 1. The van der Waals surface area contributed by atoms with Gasteiger partial charge in [0.2, 0.25) is 5.91 Å². The minimum Gasteiger partial charge on any atom is -0.495 e. The van der Waals surface area contributed by atoms with Crippen molar-refractivity contribution in [3.8, 4) is 5.75 Å². The fourth-order valence-corrected chi connectivity index (χ4v) is 6.15. The molecule has 2 fully saturated rings. The van der Waals surface area contributed by atoms with E-state index in [2.05, 4.69) is 21.2 Å². The number of amides is 1. The quantitative estimate of drug-likeness (QED) is 0.744. The van der Waals surface area contributed by atoms with Gasteiger partial charge in [-0.15, -0.1) is 0 Å². The van der Waals surface area contributed by atoms with Gasteiger partial charge in [0.1, 0.15) is 5.75 Å². The van der Waals surface area contributed by atoms with Gasteiger partial charge in [0.05, 0.1) is 23.0 Å². The van der Waals surface area contributed by atoms with E-state index in [4.69, 9.17) is 16.3 Å². The average Bonchev–Trinajstić information content (AvgIpc) is 2.79. The van der Waals surface area contributed by atoms with Crippen molar-refractivity contribution in [3.05, 3.63) is 23.2 Å². The van der Waals surface area contributed by atoms with E-state index in [1.54, 1.807) is 25.3 Å². The molecule has 2 saturated carbocycles. The van der Waals surface area contributed by atoms with Crippen molar-refractivity contribution >= 4 is 44.9 Å². The summed E-state index contributed by atoms with van der Waals surface area (Å²) in [5.74, 6) is 0.495. The molecule has 130 valence electrons. The summed E-state index contributed by atoms with van der Waals surface area (Å²) in [6.07, 6.45) is 1.40. The van der Waals surface area contributed by atoms with Crippen LogP contribution in [0.5, 0.6) is 5.75 Å². The lowest BCUT2D eigenvalue weighted by atomic mass is 9.64. The average molecular weight is 415 g/mol. The number of alkyl halides is 1. The van der Waals surface area contributed by atoms with Crippen molar-refractivity contribution in [1.29, 1.82) is 0 Å². The molecule has 0 aliphatic heterocycles. The highest BCUT2D eigenvalue weighted by atomic mass is 79.9. The molecule has 2 bridgehead atoms. The molecule has 0 aromatic heterocycles. The highest BCUT2D eigenvalue weighted by molar-refractivity contribution is 9.10. The molecule has 0 spiro atoms. The van der Waals surface area contributed by atoms with E-state index in [0.717, 1.165) is 6.42 Å². The van der Waals surface area contributed by atoms with Crippen LogP contribution >= 0.6 is 27.5 Å². The summed E-state index contributed by atoms with van der Waals surface area (Å²) < 4.78 is 5.31. The molecule has 3 rings (SSSR count). The fraction of sp³-hybridized carbons (Fsp3) is 0.556. The summed E-state index contributed by atoms with van der Waals surface area (Å²) in [4.78, 5) is 25.6. The van der Waals surface area contributed by atoms with Crippen LogP contribution in [0.4, 0.5) is 5.69 Å². The van der Waals surface area contributed by atoms with Gasteiger partial charge < -0.3 is 10.1 Å². The van der Waals surface area contributed by atoms with Gasteiger partial charge in [-0.25, -0.2) is 0 Å². The zero-order valence-corrected chi connectivity index (χ0v) is 16.5. The van der Waals surface area contributed by atoms with Gasteiger partial charge in [-0.1, -0.05) is 48.3 Å². The highest BCUT2D eigenvalue weighted by Gasteiger charge is 2.76. The number of Topliss-reactive ketones (excluding diaryl/α,β-unsaturated/α-hetero) is 1. The van der Waals surface area contributed by atoms with E-state index in [1.165, 1.54) is 0 Å². The Morgan fingerprint density at radius 1 is 1.33 bits per heavy atom. The molecule has 4 nitrogen and oxygen atoms in total. The molecule has 1 aromatic rings. The number of hydrogen-bond donors (Lipinski definition) is 1. The molecule has 2 aliphatic carbocycles. The highest BCUT2D eigenvalue weighted by Crippen LogP contribution is 2.72.